The number of alkyl halides is 3. The van der Waals surface area contributed by atoms with Crippen molar-refractivity contribution in [3.8, 4) is 5.75 Å². The Morgan fingerprint density at radius 1 is 1.24 bits per heavy atom. The molecule has 3 nitrogen and oxygen atoms in total. The van der Waals surface area contributed by atoms with E-state index in [0.29, 0.717) is 31.5 Å². The predicted molar refractivity (Wildman–Crippen MR) is 73.0 cm³/mol. The minimum Gasteiger partial charge on any atom is -0.507 e. The number of aliphatic hydroxyl groups is 1. The van der Waals surface area contributed by atoms with Crippen molar-refractivity contribution < 1.29 is 23.4 Å². The third-order valence-electron chi connectivity index (χ3n) is 4.06. The predicted octanol–water partition coefficient (Wildman–Crippen LogP) is 3.10. The fourth-order valence-corrected chi connectivity index (χ4v) is 2.81. The first kappa shape index (κ1) is 16.1. The number of benzene rings is 1. The molecule has 0 atom stereocenters. The molecule has 1 aromatic carbocycles. The molecule has 0 amide bonds. The quantitative estimate of drug-likeness (QED) is 0.902. The van der Waals surface area contributed by atoms with Gasteiger partial charge in [0.25, 0.3) is 0 Å². The second-order valence-electron chi connectivity index (χ2n) is 5.60. The Labute approximate surface area is 122 Å². The van der Waals surface area contributed by atoms with Gasteiger partial charge in [0.15, 0.2) is 0 Å². The maximum atomic E-state index is 12.6. The average molecular weight is 303 g/mol. The van der Waals surface area contributed by atoms with Crippen LogP contribution >= 0.6 is 0 Å². The van der Waals surface area contributed by atoms with Crippen molar-refractivity contribution in [2.45, 2.75) is 38.0 Å². The van der Waals surface area contributed by atoms with Crippen LogP contribution in [0.15, 0.2) is 18.2 Å². The zero-order valence-corrected chi connectivity index (χ0v) is 12.0. The molecule has 2 N–H and O–H groups in total. The van der Waals surface area contributed by atoms with Crippen LogP contribution in [0.4, 0.5) is 13.2 Å². The molecule has 0 aromatic heterocycles. The van der Waals surface area contributed by atoms with Gasteiger partial charge in [0.05, 0.1) is 11.2 Å². The molecular weight excluding hydrogens is 283 g/mol. The molecule has 0 unspecified atom stereocenters. The van der Waals surface area contributed by atoms with Crippen LogP contribution < -0.4 is 0 Å². The lowest BCUT2D eigenvalue weighted by Gasteiger charge is -2.38. The molecule has 6 heteroatoms. The lowest BCUT2D eigenvalue weighted by molar-refractivity contribution is -0.138. The van der Waals surface area contributed by atoms with E-state index in [0.717, 1.165) is 25.1 Å². The third kappa shape index (κ3) is 3.49. The second-order valence-corrected chi connectivity index (χ2v) is 5.60. The Morgan fingerprint density at radius 3 is 2.33 bits per heavy atom. The van der Waals surface area contributed by atoms with Gasteiger partial charge in [0.1, 0.15) is 5.75 Å². The van der Waals surface area contributed by atoms with Crippen LogP contribution in [0.3, 0.4) is 0 Å². The first-order valence-corrected chi connectivity index (χ1v) is 7.12. The van der Waals surface area contributed by atoms with Crippen molar-refractivity contribution >= 4 is 0 Å². The molecule has 1 aliphatic heterocycles. The normalized spacial score (nSPS) is 19.7. The molecule has 21 heavy (non-hydrogen) atoms. The summed E-state index contributed by atoms with van der Waals surface area (Å²) in [6, 6.07) is 3.14. The number of aromatic hydroxyl groups is 1. The molecule has 1 saturated heterocycles. The lowest BCUT2D eigenvalue weighted by atomic mass is 9.84. The largest absolute Gasteiger partial charge is 0.507 e. The highest BCUT2D eigenvalue weighted by atomic mass is 19.4. The Bertz CT molecular complexity index is 494. The number of phenols is 1. The standard InChI is InChI=1S/C15H20F3NO2/c1-2-7-19-8-5-14(21,6-9-19)11-3-4-12(13(20)10-11)15(16,17)18/h3-4,10,20-21H,2,5-9H2,1H3. The van der Waals surface area contributed by atoms with Crippen molar-refractivity contribution in [2.75, 3.05) is 19.6 Å². The third-order valence-corrected chi connectivity index (χ3v) is 4.06. The van der Waals surface area contributed by atoms with Crippen LogP contribution in [0.1, 0.15) is 37.3 Å². The number of nitrogens with zero attached hydrogens (tertiary/aromatic N) is 1. The second kappa shape index (κ2) is 5.85. The Kier molecular flexibility index (Phi) is 4.49. The summed E-state index contributed by atoms with van der Waals surface area (Å²) in [6.07, 6.45) is -2.65. The van der Waals surface area contributed by atoms with E-state index in [-0.39, 0.29) is 0 Å². The molecule has 118 valence electrons. The fourth-order valence-electron chi connectivity index (χ4n) is 2.81. The zero-order chi connectivity index (χ0) is 15.7. The molecule has 1 aliphatic rings. The topological polar surface area (TPSA) is 43.7 Å². The number of rotatable bonds is 3. The van der Waals surface area contributed by atoms with Gasteiger partial charge in [0, 0.05) is 13.1 Å². The summed E-state index contributed by atoms with van der Waals surface area (Å²) >= 11 is 0. The smallest absolute Gasteiger partial charge is 0.419 e. The number of likely N-dealkylation sites (tertiary alicyclic amines) is 1. The van der Waals surface area contributed by atoms with Gasteiger partial charge in [-0.05, 0) is 43.5 Å². The monoisotopic (exact) mass is 303 g/mol. The van der Waals surface area contributed by atoms with E-state index in [2.05, 4.69) is 11.8 Å². The van der Waals surface area contributed by atoms with Crippen LogP contribution in [-0.2, 0) is 11.8 Å². The Hall–Kier alpha value is -1.27. The highest BCUT2D eigenvalue weighted by Gasteiger charge is 2.37. The maximum absolute atomic E-state index is 12.6. The van der Waals surface area contributed by atoms with Crippen LogP contribution in [0.2, 0.25) is 0 Å². The van der Waals surface area contributed by atoms with Crippen LogP contribution in [0.5, 0.6) is 5.75 Å². The molecule has 1 aromatic rings. The van der Waals surface area contributed by atoms with E-state index in [1.54, 1.807) is 0 Å². The minimum atomic E-state index is -4.59. The fraction of sp³-hybridized carbons (Fsp3) is 0.600. The minimum absolute atomic E-state index is 0.351. The number of hydrogen-bond acceptors (Lipinski definition) is 3. The summed E-state index contributed by atoms with van der Waals surface area (Å²) in [5.41, 5.74) is -1.88. The van der Waals surface area contributed by atoms with Gasteiger partial charge in [-0.25, -0.2) is 0 Å². The first-order chi connectivity index (χ1) is 9.76. The number of phenolic OH excluding ortho intramolecular Hbond substituents is 1. The lowest BCUT2D eigenvalue weighted by Crippen LogP contribution is -2.42. The number of halogens is 3. The van der Waals surface area contributed by atoms with Crippen molar-refractivity contribution in [2.24, 2.45) is 0 Å². The maximum Gasteiger partial charge on any atom is 0.419 e. The molecule has 0 bridgehead atoms. The van der Waals surface area contributed by atoms with Gasteiger partial charge >= 0.3 is 6.18 Å². The molecule has 0 saturated carbocycles. The molecule has 0 aliphatic carbocycles. The summed E-state index contributed by atoms with van der Waals surface area (Å²) in [5.74, 6) is -0.829. The van der Waals surface area contributed by atoms with E-state index in [4.69, 9.17) is 0 Å². The van der Waals surface area contributed by atoms with Crippen molar-refractivity contribution in [1.29, 1.82) is 0 Å². The average Bonchev–Trinajstić information content (AvgIpc) is 2.40. The number of hydrogen-bond donors (Lipinski definition) is 2. The molecule has 1 heterocycles. The van der Waals surface area contributed by atoms with E-state index >= 15 is 0 Å². The van der Waals surface area contributed by atoms with Crippen LogP contribution in [-0.4, -0.2) is 34.7 Å². The molecule has 1 fully saturated rings. The van der Waals surface area contributed by atoms with E-state index < -0.39 is 23.1 Å². The van der Waals surface area contributed by atoms with Crippen LogP contribution in [0, 0.1) is 0 Å². The highest BCUT2D eigenvalue weighted by molar-refractivity contribution is 5.40. The summed E-state index contributed by atoms with van der Waals surface area (Å²) in [6.45, 7) is 4.43. The van der Waals surface area contributed by atoms with Gasteiger partial charge in [-0.2, -0.15) is 13.2 Å². The summed E-state index contributed by atoms with van der Waals surface area (Å²) < 4.78 is 37.9. The number of piperidine rings is 1. The van der Waals surface area contributed by atoms with Crippen molar-refractivity contribution in [1.82, 2.24) is 4.90 Å². The highest BCUT2D eigenvalue weighted by Crippen LogP contribution is 2.40. The van der Waals surface area contributed by atoms with E-state index in [9.17, 15) is 23.4 Å². The van der Waals surface area contributed by atoms with Crippen molar-refractivity contribution in [3.63, 3.8) is 0 Å². The van der Waals surface area contributed by atoms with Gasteiger partial charge in [0.2, 0.25) is 0 Å². The first-order valence-electron chi connectivity index (χ1n) is 7.12. The summed E-state index contributed by atoms with van der Waals surface area (Å²) in [7, 11) is 0. The molecule has 0 spiro atoms. The SMILES string of the molecule is CCCN1CCC(O)(c2ccc(C(F)(F)F)c(O)c2)CC1. The zero-order valence-electron chi connectivity index (χ0n) is 12.0. The molecular formula is C15H20F3NO2. The molecule has 0 radical (unpaired) electrons. The molecule has 2 rings (SSSR count). The summed E-state index contributed by atoms with van der Waals surface area (Å²) in [5, 5.41) is 20.2. The van der Waals surface area contributed by atoms with Gasteiger partial charge in [-0.15, -0.1) is 0 Å². The Balaban J connectivity index is 2.17. The van der Waals surface area contributed by atoms with Gasteiger partial charge in [-0.1, -0.05) is 13.0 Å². The summed E-state index contributed by atoms with van der Waals surface area (Å²) in [4.78, 5) is 2.22. The van der Waals surface area contributed by atoms with Gasteiger partial charge in [-0.3, -0.25) is 0 Å². The van der Waals surface area contributed by atoms with Crippen LogP contribution in [0.25, 0.3) is 0 Å². The van der Waals surface area contributed by atoms with E-state index in [1.165, 1.54) is 6.07 Å². The van der Waals surface area contributed by atoms with Crippen molar-refractivity contribution in [3.05, 3.63) is 29.3 Å². The Morgan fingerprint density at radius 2 is 1.86 bits per heavy atom. The van der Waals surface area contributed by atoms with E-state index in [1.807, 2.05) is 0 Å². The van der Waals surface area contributed by atoms with Gasteiger partial charge < -0.3 is 15.1 Å².